The number of pyridine rings is 1. The van der Waals surface area contributed by atoms with Crippen LogP contribution in [0, 0.1) is 55.4 Å². The highest BCUT2D eigenvalue weighted by atomic mass is 16.2. The summed E-state index contributed by atoms with van der Waals surface area (Å²) in [6.07, 6.45) is 0. The molecular weight excluding hydrogens is 735 g/mol. The molecular formula is C55H47N3O2. The first-order valence-electron chi connectivity index (χ1n) is 21.1. The first kappa shape index (κ1) is 36.5. The van der Waals surface area contributed by atoms with Crippen LogP contribution in [0.15, 0.2) is 115 Å². The highest BCUT2D eigenvalue weighted by molar-refractivity contribution is 5.99. The second-order valence-electron chi connectivity index (χ2n) is 18.0. The second-order valence-corrected chi connectivity index (χ2v) is 18.0. The Morgan fingerprint density at radius 2 is 0.683 bits per heavy atom. The van der Waals surface area contributed by atoms with Crippen molar-refractivity contribution in [3.63, 3.8) is 0 Å². The average molecular weight is 782 g/mol. The Kier molecular flexibility index (Phi) is 7.58. The Balaban J connectivity index is 1.04. The molecule has 4 bridgehead atoms. The molecule has 1 heterocycles. The van der Waals surface area contributed by atoms with E-state index in [4.69, 9.17) is 4.98 Å². The van der Waals surface area contributed by atoms with E-state index in [0.717, 1.165) is 33.4 Å². The molecule has 0 saturated heterocycles. The molecule has 0 spiro atoms. The molecule has 2 N–H and O–H groups in total. The van der Waals surface area contributed by atoms with E-state index in [2.05, 4.69) is 163 Å². The third kappa shape index (κ3) is 4.66. The van der Waals surface area contributed by atoms with Crippen molar-refractivity contribution in [1.29, 1.82) is 0 Å². The van der Waals surface area contributed by atoms with Crippen molar-refractivity contribution < 1.29 is 9.59 Å². The predicted molar refractivity (Wildman–Crippen MR) is 237 cm³/mol. The fraction of sp³-hybridized carbons (Fsp3) is 0.218. The van der Waals surface area contributed by atoms with Gasteiger partial charge in [-0.05, 0) is 179 Å². The number of aromatic nitrogens is 1. The van der Waals surface area contributed by atoms with Crippen molar-refractivity contribution in [2.45, 2.75) is 78.3 Å². The summed E-state index contributed by atoms with van der Waals surface area (Å²) in [5.74, 6) is -0.571. The predicted octanol–water partition coefficient (Wildman–Crippen LogP) is 10.6. The maximum Gasteiger partial charge on any atom is 0.271 e. The van der Waals surface area contributed by atoms with Crippen LogP contribution in [0.3, 0.4) is 0 Å². The number of hydrogen-bond acceptors (Lipinski definition) is 3. The number of carbonyl (C=O) groups is 2. The fourth-order valence-corrected chi connectivity index (χ4v) is 11.2. The number of nitrogens with zero attached hydrogens (tertiary/aromatic N) is 1. The van der Waals surface area contributed by atoms with Crippen molar-refractivity contribution in [1.82, 2.24) is 15.6 Å². The van der Waals surface area contributed by atoms with Crippen LogP contribution in [0.5, 0.6) is 0 Å². The quantitative estimate of drug-likeness (QED) is 0.187. The number of rotatable bonds is 4. The molecule has 6 aliphatic rings. The highest BCUT2D eigenvalue weighted by Crippen LogP contribution is 2.60. The van der Waals surface area contributed by atoms with Gasteiger partial charge in [-0.1, -0.05) is 103 Å². The Labute approximate surface area is 352 Å². The number of amides is 2. The number of benzene rings is 6. The first-order valence-corrected chi connectivity index (χ1v) is 21.1. The maximum atomic E-state index is 15.0. The molecule has 0 atom stereocenters. The van der Waals surface area contributed by atoms with Gasteiger partial charge in [-0.15, -0.1) is 0 Å². The summed E-state index contributed by atoms with van der Waals surface area (Å²) < 4.78 is 0. The van der Waals surface area contributed by atoms with Crippen LogP contribution >= 0.6 is 0 Å². The zero-order chi connectivity index (χ0) is 41.6. The van der Waals surface area contributed by atoms with Crippen LogP contribution < -0.4 is 10.6 Å². The molecule has 1 aromatic heterocycles. The van der Waals surface area contributed by atoms with Gasteiger partial charge >= 0.3 is 0 Å². The lowest BCUT2D eigenvalue weighted by Crippen LogP contribution is -2.55. The van der Waals surface area contributed by atoms with Crippen molar-refractivity contribution in [2.24, 2.45) is 0 Å². The van der Waals surface area contributed by atoms with Crippen LogP contribution in [0.25, 0.3) is 0 Å². The summed E-state index contributed by atoms with van der Waals surface area (Å²) >= 11 is 0. The summed E-state index contributed by atoms with van der Waals surface area (Å²) in [6, 6.07) is 40.6. The van der Waals surface area contributed by atoms with Gasteiger partial charge in [0.05, 0.1) is 0 Å². The summed E-state index contributed by atoms with van der Waals surface area (Å²) in [7, 11) is 0. The van der Waals surface area contributed by atoms with E-state index < -0.39 is 11.1 Å². The molecule has 5 nitrogen and oxygen atoms in total. The Bertz CT molecular complexity index is 2780. The van der Waals surface area contributed by atoms with Crippen molar-refractivity contribution in [2.75, 3.05) is 0 Å². The zero-order valence-electron chi connectivity index (χ0n) is 35.4. The standard InChI is InChI=1S/C55H47N3O2/c1-28-20-38-44(24-32(28)5)54(42-16-11-9-14-36(42)50(38)39-21-29(2)33(6)25-45(39)54)57-52(59)48-18-13-19-49(56-48)53(60)58-55-43-17-12-10-15-37(43)51(40-22-30(3)34(7)26-46(40)55)41-23-31(4)35(8)27-47(41)55/h9-27,50-51H,1-8H3,(H,57,59)(H,58,60). The molecule has 6 aliphatic carbocycles. The van der Waals surface area contributed by atoms with Gasteiger partial charge in [0.25, 0.3) is 11.8 Å². The summed E-state index contributed by atoms with van der Waals surface area (Å²) in [6.45, 7) is 17.2. The van der Waals surface area contributed by atoms with Gasteiger partial charge in [0.1, 0.15) is 22.5 Å². The average Bonchev–Trinajstić information content (AvgIpc) is 3.23. The lowest BCUT2D eigenvalue weighted by molar-refractivity contribution is 0.0912. The topological polar surface area (TPSA) is 71.1 Å². The molecule has 0 radical (unpaired) electrons. The lowest BCUT2D eigenvalue weighted by Gasteiger charge is -2.51. The van der Waals surface area contributed by atoms with E-state index in [1.165, 1.54) is 77.9 Å². The largest absolute Gasteiger partial charge is 0.333 e. The van der Waals surface area contributed by atoms with Crippen molar-refractivity contribution >= 4 is 11.8 Å². The Morgan fingerprint density at radius 1 is 0.383 bits per heavy atom. The molecule has 13 rings (SSSR count). The van der Waals surface area contributed by atoms with Gasteiger partial charge in [0.15, 0.2) is 0 Å². The molecule has 0 fully saturated rings. The third-order valence-corrected chi connectivity index (χ3v) is 14.7. The minimum atomic E-state index is -0.966. The third-order valence-electron chi connectivity index (χ3n) is 14.7. The van der Waals surface area contributed by atoms with Crippen LogP contribution in [-0.4, -0.2) is 16.8 Å². The SMILES string of the molecule is Cc1cc2c(cc1C)C1(NC(=O)c3cccc(C(=O)NC45c6ccccc6C(c6cc(C)c(C)cc64)c4cc(C)c(C)cc45)n3)c3ccccc3C2c2cc(C)c(C)cc21. The Morgan fingerprint density at radius 3 is 1.02 bits per heavy atom. The first-order chi connectivity index (χ1) is 28.8. The van der Waals surface area contributed by atoms with Gasteiger partial charge in [-0.3, -0.25) is 9.59 Å². The van der Waals surface area contributed by atoms with Crippen LogP contribution in [0.1, 0.15) is 144 Å². The number of carbonyl (C=O) groups excluding carboxylic acids is 2. The normalized spacial score (nSPS) is 20.6. The van der Waals surface area contributed by atoms with Gasteiger partial charge in [-0.25, -0.2) is 4.98 Å². The molecule has 6 aromatic carbocycles. The highest BCUT2D eigenvalue weighted by Gasteiger charge is 2.55. The number of hydrogen-bond donors (Lipinski definition) is 2. The summed E-state index contributed by atoms with van der Waals surface area (Å²) in [5.41, 5.74) is 21.8. The molecule has 7 aromatic rings. The van der Waals surface area contributed by atoms with Crippen LogP contribution in [-0.2, 0) is 11.1 Å². The van der Waals surface area contributed by atoms with Crippen LogP contribution in [0.4, 0.5) is 0 Å². The van der Waals surface area contributed by atoms with Gasteiger partial charge < -0.3 is 10.6 Å². The minimum Gasteiger partial charge on any atom is -0.333 e. The van der Waals surface area contributed by atoms with E-state index in [1.807, 2.05) is 0 Å². The molecule has 2 amide bonds. The molecule has 0 unspecified atom stereocenters. The number of aryl methyl sites for hydroxylation is 8. The zero-order valence-corrected chi connectivity index (χ0v) is 35.4. The smallest absolute Gasteiger partial charge is 0.271 e. The lowest BCUT2D eigenvalue weighted by atomic mass is 9.56. The van der Waals surface area contributed by atoms with E-state index in [1.54, 1.807) is 18.2 Å². The van der Waals surface area contributed by atoms with Crippen LogP contribution in [0.2, 0.25) is 0 Å². The number of nitrogens with one attached hydrogen (secondary N) is 2. The molecule has 0 aliphatic heterocycles. The molecule has 0 saturated carbocycles. The molecule has 5 heteroatoms. The minimum absolute atomic E-state index is 0.0590. The molecule has 294 valence electrons. The van der Waals surface area contributed by atoms with Gasteiger partial charge in [0.2, 0.25) is 0 Å². The summed E-state index contributed by atoms with van der Waals surface area (Å²) in [4.78, 5) is 35.0. The van der Waals surface area contributed by atoms with E-state index in [0.29, 0.717) is 0 Å². The fourth-order valence-electron chi connectivity index (χ4n) is 11.2. The Hall–Kier alpha value is -6.59. The van der Waals surface area contributed by atoms with Crippen molar-refractivity contribution in [3.05, 3.63) is 238 Å². The van der Waals surface area contributed by atoms with Crippen molar-refractivity contribution in [3.8, 4) is 0 Å². The monoisotopic (exact) mass is 781 g/mol. The van der Waals surface area contributed by atoms with E-state index in [9.17, 15) is 0 Å². The van der Waals surface area contributed by atoms with E-state index >= 15 is 9.59 Å². The summed E-state index contributed by atoms with van der Waals surface area (Å²) in [5, 5.41) is 7.20. The van der Waals surface area contributed by atoms with Gasteiger partial charge in [-0.2, -0.15) is 0 Å². The van der Waals surface area contributed by atoms with Gasteiger partial charge in [0, 0.05) is 11.8 Å². The molecule has 60 heavy (non-hydrogen) atoms. The second kappa shape index (κ2) is 12.5. The van der Waals surface area contributed by atoms with E-state index in [-0.39, 0.29) is 35.0 Å². The maximum absolute atomic E-state index is 15.0.